The standard InChI is InChI=1S/C22H17NO4/c24-21(16-7-3-1-4-8-16)17-11-12-19-20(15-17)27-22(25)23(19)13-14-26-18-9-5-2-6-10-18/h1-12,15H,13-14H2. The first-order valence-electron chi connectivity index (χ1n) is 8.63. The van der Waals surface area contributed by atoms with Gasteiger partial charge in [0.05, 0.1) is 12.1 Å². The highest BCUT2D eigenvalue weighted by molar-refractivity contribution is 6.10. The summed E-state index contributed by atoms with van der Waals surface area (Å²) >= 11 is 0. The fourth-order valence-corrected chi connectivity index (χ4v) is 2.95. The van der Waals surface area contributed by atoms with Gasteiger partial charge in [0.2, 0.25) is 0 Å². The van der Waals surface area contributed by atoms with Gasteiger partial charge in [0, 0.05) is 11.1 Å². The molecule has 0 atom stereocenters. The average molecular weight is 359 g/mol. The van der Waals surface area contributed by atoms with E-state index in [1.165, 1.54) is 4.57 Å². The number of para-hydroxylation sites is 1. The van der Waals surface area contributed by atoms with Crippen molar-refractivity contribution in [3.05, 3.63) is 101 Å². The van der Waals surface area contributed by atoms with Gasteiger partial charge in [-0.2, -0.15) is 0 Å². The zero-order valence-corrected chi connectivity index (χ0v) is 14.5. The molecule has 0 fully saturated rings. The molecule has 0 unspecified atom stereocenters. The van der Waals surface area contributed by atoms with E-state index in [1.807, 2.05) is 48.5 Å². The number of rotatable bonds is 6. The van der Waals surface area contributed by atoms with Gasteiger partial charge in [0.25, 0.3) is 0 Å². The van der Waals surface area contributed by atoms with E-state index >= 15 is 0 Å². The molecular formula is C22H17NO4. The van der Waals surface area contributed by atoms with Gasteiger partial charge in [0.15, 0.2) is 11.4 Å². The number of carbonyl (C=O) groups is 1. The first-order chi connectivity index (χ1) is 13.2. The smallest absolute Gasteiger partial charge is 0.420 e. The van der Waals surface area contributed by atoms with Crippen molar-refractivity contribution >= 4 is 16.9 Å². The highest BCUT2D eigenvalue weighted by Crippen LogP contribution is 2.18. The number of fused-ring (bicyclic) bond motifs is 1. The molecular weight excluding hydrogens is 342 g/mol. The summed E-state index contributed by atoms with van der Waals surface area (Å²) in [5, 5.41) is 0. The Balaban J connectivity index is 1.56. The van der Waals surface area contributed by atoms with Gasteiger partial charge < -0.3 is 9.15 Å². The third-order valence-corrected chi connectivity index (χ3v) is 4.29. The summed E-state index contributed by atoms with van der Waals surface area (Å²) in [6.45, 7) is 0.690. The minimum atomic E-state index is -0.467. The van der Waals surface area contributed by atoms with Gasteiger partial charge in [0.1, 0.15) is 12.4 Å². The molecule has 0 saturated carbocycles. The normalized spacial score (nSPS) is 10.8. The molecule has 5 heteroatoms. The number of ketones is 1. The highest BCUT2D eigenvalue weighted by Gasteiger charge is 2.14. The summed E-state index contributed by atoms with van der Waals surface area (Å²) in [5.41, 5.74) is 2.10. The first-order valence-corrected chi connectivity index (χ1v) is 8.63. The van der Waals surface area contributed by atoms with Gasteiger partial charge in [-0.25, -0.2) is 4.79 Å². The average Bonchev–Trinajstić information content (AvgIpc) is 3.03. The summed E-state index contributed by atoms with van der Waals surface area (Å²) in [6, 6.07) is 23.5. The SMILES string of the molecule is O=C(c1ccccc1)c1ccc2c(c1)oc(=O)n2CCOc1ccccc1. The Morgan fingerprint density at radius 1 is 0.889 bits per heavy atom. The minimum absolute atomic E-state index is 0.111. The lowest BCUT2D eigenvalue weighted by molar-refractivity contribution is 0.103. The molecule has 0 N–H and O–H groups in total. The largest absolute Gasteiger partial charge is 0.492 e. The first kappa shape index (κ1) is 16.8. The number of hydrogen-bond donors (Lipinski definition) is 0. The number of benzene rings is 3. The van der Waals surface area contributed by atoms with Crippen LogP contribution >= 0.6 is 0 Å². The monoisotopic (exact) mass is 359 g/mol. The Morgan fingerprint density at radius 2 is 1.59 bits per heavy atom. The molecule has 3 aromatic carbocycles. The van der Waals surface area contributed by atoms with Gasteiger partial charge in [-0.1, -0.05) is 48.5 Å². The van der Waals surface area contributed by atoms with Crippen LogP contribution in [0.3, 0.4) is 0 Å². The van der Waals surface area contributed by atoms with Crippen LogP contribution in [0.1, 0.15) is 15.9 Å². The number of carbonyl (C=O) groups excluding carboxylic acids is 1. The molecule has 0 bridgehead atoms. The van der Waals surface area contributed by atoms with Gasteiger partial charge in [-0.3, -0.25) is 9.36 Å². The van der Waals surface area contributed by atoms with E-state index < -0.39 is 5.76 Å². The van der Waals surface area contributed by atoms with Crippen molar-refractivity contribution in [2.24, 2.45) is 0 Å². The second kappa shape index (κ2) is 7.33. The number of hydrogen-bond acceptors (Lipinski definition) is 4. The lowest BCUT2D eigenvalue weighted by atomic mass is 10.0. The fourth-order valence-electron chi connectivity index (χ4n) is 2.95. The van der Waals surface area contributed by atoms with Crippen molar-refractivity contribution in [3.63, 3.8) is 0 Å². The Bertz CT molecular complexity index is 1130. The molecule has 0 spiro atoms. The van der Waals surface area contributed by atoms with Crippen molar-refractivity contribution < 1.29 is 13.9 Å². The van der Waals surface area contributed by atoms with Crippen LogP contribution in [0.4, 0.5) is 0 Å². The number of nitrogens with zero attached hydrogens (tertiary/aromatic N) is 1. The van der Waals surface area contributed by atoms with E-state index in [-0.39, 0.29) is 5.78 Å². The molecule has 0 radical (unpaired) electrons. The lowest BCUT2D eigenvalue weighted by Crippen LogP contribution is -2.18. The zero-order valence-electron chi connectivity index (χ0n) is 14.5. The van der Waals surface area contributed by atoms with Crippen LogP contribution in [0.2, 0.25) is 0 Å². The molecule has 0 aliphatic carbocycles. The fraction of sp³-hybridized carbons (Fsp3) is 0.0909. The van der Waals surface area contributed by atoms with Crippen LogP contribution in [0.15, 0.2) is 88.1 Å². The van der Waals surface area contributed by atoms with Gasteiger partial charge in [-0.05, 0) is 30.3 Å². The third kappa shape index (κ3) is 3.53. The molecule has 0 aliphatic rings. The number of ether oxygens (including phenoxy) is 1. The van der Waals surface area contributed by atoms with E-state index in [4.69, 9.17) is 9.15 Å². The summed E-state index contributed by atoms with van der Waals surface area (Å²) in [4.78, 5) is 24.8. The van der Waals surface area contributed by atoms with E-state index in [0.717, 1.165) is 5.75 Å². The maximum Gasteiger partial charge on any atom is 0.420 e. The number of aromatic nitrogens is 1. The van der Waals surface area contributed by atoms with Crippen LogP contribution in [-0.2, 0) is 6.54 Å². The molecule has 0 saturated heterocycles. The van der Waals surface area contributed by atoms with Crippen molar-refractivity contribution in [1.29, 1.82) is 0 Å². The maximum atomic E-state index is 12.6. The topological polar surface area (TPSA) is 61.4 Å². The summed E-state index contributed by atoms with van der Waals surface area (Å²) < 4.78 is 12.5. The van der Waals surface area contributed by atoms with Crippen LogP contribution in [-0.4, -0.2) is 17.0 Å². The Labute approximate surface area is 155 Å². The molecule has 134 valence electrons. The Kier molecular flexibility index (Phi) is 4.58. The van der Waals surface area contributed by atoms with Crippen LogP contribution in [0.5, 0.6) is 5.75 Å². The Morgan fingerprint density at radius 3 is 2.33 bits per heavy atom. The highest BCUT2D eigenvalue weighted by atomic mass is 16.5. The predicted molar refractivity (Wildman–Crippen MR) is 102 cm³/mol. The molecule has 5 nitrogen and oxygen atoms in total. The van der Waals surface area contributed by atoms with E-state index in [2.05, 4.69) is 0 Å². The number of oxazole rings is 1. The predicted octanol–water partition coefficient (Wildman–Crippen LogP) is 3.90. The zero-order chi connectivity index (χ0) is 18.6. The maximum absolute atomic E-state index is 12.6. The minimum Gasteiger partial charge on any atom is -0.492 e. The second-order valence-electron chi connectivity index (χ2n) is 6.06. The van der Waals surface area contributed by atoms with Gasteiger partial charge in [-0.15, -0.1) is 0 Å². The molecule has 1 heterocycles. The molecule has 4 aromatic rings. The van der Waals surface area contributed by atoms with Crippen LogP contribution in [0.25, 0.3) is 11.1 Å². The summed E-state index contributed by atoms with van der Waals surface area (Å²) in [5.74, 6) is 0.167. The van der Waals surface area contributed by atoms with Gasteiger partial charge >= 0.3 is 5.76 Å². The Hall–Kier alpha value is -3.60. The summed E-state index contributed by atoms with van der Waals surface area (Å²) in [7, 11) is 0. The molecule has 27 heavy (non-hydrogen) atoms. The molecule has 0 aliphatic heterocycles. The van der Waals surface area contributed by atoms with Crippen molar-refractivity contribution in [3.8, 4) is 5.75 Å². The quantitative estimate of drug-likeness (QED) is 0.490. The van der Waals surface area contributed by atoms with Crippen molar-refractivity contribution in [2.75, 3.05) is 6.61 Å². The van der Waals surface area contributed by atoms with Crippen LogP contribution < -0.4 is 10.5 Å². The van der Waals surface area contributed by atoms with E-state index in [0.29, 0.717) is 35.4 Å². The molecule has 1 aromatic heterocycles. The summed E-state index contributed by atoms with van der Waals surface area (Å²) in [6.07, 6.45) is 0. The third-order valence-electron chi connectivity index (χ3n) is 4.29. The molecule has 4 rings (SSSR count). The van der Waals surface area contributed by atoms with E-state index in [1.54, 1.807) is 30.3 Å². The lowest BCUT2D eigenvalue weighted by Gasteiger charge is -2.06. The van der Waals surface area contributed by atoms with E-state index in [9.17, 15) is 9.59 Å². The van der Waals surface area contributed by atoms with Crippen LogP contribution in [0, 0.1) is 0 Å². The van der Waals surface area contributed by atoms with Crippen molar-refractivity contribution in [1.82, 2.24) is 4.57 Å². The molecule has 0 amide bonds. The second-order valence-corrected chi connectivity index (χ2v) is 6.06. The van der Waals surface area contributed by atoms with Crippen molar-refractivity contribution in [2.45, 2.75) is 6.54 Å².